The van der Waals surface area contributed by atoms with E-state index in [1.165, 1.54) is 32.9 Å². The van der Waals surface area contributed by atoms with E-state index in [-0.39, 0.29) is 0 Å². The first-order valence-electron chi connectivity index (χ1n) is 10.2. The Hall–Kier alpha value is -3.98. The van der Waals surface area contributed by atoms with Crippen molar-refractivity contribution >= 4 is 49.5 Å². The summed E-state index contributed by atoms with van der Waals surface area (Å²) in [5.74, 6) is 0. The number of fused-ring (bicyclic) bond motifs is 8. The van der Waals surface area contributed by atoms with Gasteiger partial charge < -0.3 is 9.40 Å². The number of rotatable bonds is 1. The SMILES string of the molecule is Cc1cc(-c2c3ccccc3n3c2[nH]c2ccccc23)cc2c1oc1ccccc12. The third kappa shape index (κ3) is 1.94. The second-order valence-corrected chi connectivity index (χ2v) is 7.99. The van der Waals surface area contributed by atoms with Crippen molar-refractivity contribution in [3.05, 3.63) is 90.5 Å². The van der Waals surface area contributed by atoms with E-state index in [4.69, 9.17) is 4.42 Å². The fourth-order valence-electron chi connectivity index (χ4n) is 4.94. The lowest BCUT2D eigenvalue weighted by atomic mass is 9.99. The molecule has 4 aromatic carbocycles. The van der Waals surface area contributed by atoms with Gasteiger partial charge >= 0.3 is 0 Å². The molecule has 3 heteroatoms. The van der Waals surface area contributed by atoms with Gasteiger partial charge in [-0.1, -0.05) is 48.5 Å². The number of nitrogens with one attached hydrogen (secondary N) is 1. The first kappa shape index (κ1) is 15.9. The van der Waals surface area contributed by atoms with E-state index in [1.807, 2.05) is 12.1 Å². The lowest BCUT2D eigenvalue weighted by Gasteiger charge is -2.04. The standard InChI is InChI=1S/C27H18N2O/c1-16-14-17(15-20-18-8-3-7-13-24(18)30-26(16)20)25-19-9-2-5-11-22(19)29-23-12-6-4-10-21(23)28-27(25)29/h2-15,28H,1H3. The summed E-state index contributed by atoms with van der Waals surface area (Å²) in [7, 11) is 0. The molecule has 7 rings (SSSR count). The molecule has 0 unspecified atom stereocenters. The fraction of sp³-hybridized carbons (Fsp3) is 0.0370. The van der Waals surface area contributed by atoms with Gasteiger partial charge in [-0.05, 0) is 54.4 Å². The lowest BCUT2D eigenvalue weighted by molar-refractivity contribution is 0.666. The Balaban J connectivity index is 1.67. The minimum absolute atomic E-state index is 0.935. The summed E-state index contributed by atoms with van der Waals surface area (Å²) >= 11 is 0. The highest BCUT2D eigenvalue weighted by Gasteiger charge is 2.19. The van der Waals surface area contributed by atoms with Crippen molar-refractivity contribution in [2.45, 2.75) is 6.92 Å². The molecule has 142 valence electrons. The first-order chi connectivity index (χ1) is 14.8. The zero-order valence-corrected chi connectivity index (χ0v) is 16.4. The fourth-order valence-corrected chi connectivity index (χ4v) is 4.94. The lowest BCUT2D eigenvalue weighted by Crippen LogP contribution is -1.82. The molecule has 0 radical (unpaired) electrons. The molecule has 3 aromatic heterocycles. The molecule has 0 bridgehead atoms. The van der Waals surface area contributed by atoms with Crippen molar-refractivity contribution in [3.8, 4) is 11.1 Å². The molecule has 0 aliphatic heterocycles. The normalized spacial score (nSPS) is 12.2. The van der Waals surface area contributed by atoms with Crippen molar-refractivity contribution in [1.29, 1.82) is 0 Å². The number of furan rings is 1. The van der Waals surface area contributed by atoms with Crippen LogP contribution in [0.3, 0.4) is 0 Å². The van der Waals surface area contributed by atoms with Gasteiger partial charge in [0, 0.05) is 21.7 Å². The van der Waals surface area contributed by atoms with Crippen molar-refractivity contribution < 1.29 is 4.42 Å². The van der Waals surface area contributed by atoms with Crippen LogP contribution in [0.4, 0.5) is 0 Å². The monoisotopic (exact) mass is 386 g/mol. The van der Waals surface area contributed by atoms with E-state index < -0.39 is 0 Å². The molecule has 0 aliphatic rings. The summed E-state index contributed by atoms with van der Waals surface area (Å²) in [6, 6.07) is 29.9. The van der Waals surface area contributed by atoms with E-state index in [9.17, 15) is 0 Å². The molecule has 0 saturated carbocycles. The van der Waals surface area contributed by atoms with Crippen molar-refractivity contribution in [2.75, 3.05) is 0 Å². The molecule has 3 nitrogen and oxygen atoms in total. The Morgan fingerprint density at radius 3 is 2.37 bits per heavy atom. The van der Waals surface area contributed by atoms with Gasteiger partial charge in [-0.2, -0.15) is 0 Å². The largest absolute Gasteiger partial charge is 0.456 e. The van der Waals surface area contributed by atoms with Crippen LogP contribution in [0.15, 0.2) is 89.3 Å². The number of imidazole rings is 1. The highest BCUT2D eigenvalue weighted by atomic mass is 16.3. The van der Waals surface area contributed by atoms with E-state index >= 15 is 0 Å². The molecule has 3 heterocycles. The number of para-hydroxylation sites is 4. The van der Waals surface area contributed by atoms with Gasteiger partial charge in [0.1, 0.15) is 16.8 Å². The maximum atomic E-state index is 6.17. The van der Waals surface area contributed by atoms with Crippen LogP contribution in [0.5, 0.6) is 0 Å². The molecule has 30 heavy (non-hydrogen) atoms. The summed E-state index contributed by atoms with van der Waals surface area (Å²) in [6.45, 7) is 2.13. The van der Waals surface area contributed by atoms with Crippen molar-refractivity contribution in [1.82, 2.24) is 9.38 Å². The van der Waals surface area contributed by atoms with E-state index in [0.29, 0.717) is 0 Å². The number of benzene rings is 4. The Bertz CT molecular complexity index is 1760. The van der Waals surface area contributed by atoms with Gasteiger partial charge in [-0.25, -0.2) is 0 Å². The van der Waals surface area contributed by atoms with Gasteiger partial charge in [-0.3, -0.25) is 4.40 Å². The highest BCUT2D eigenvalue weighted by Crippen LogP contribution is 2.41. The topological polar surface area (TPSA) is 33.3 Å². The third-order valence-corrected chi connectivity index (χ3v) is 6.23. The Morgan fingerprint density at radius 1 is 0.733 bits per heavy atom. The van der Waals surface area contributed by atoms with Gasteiger partial charge in [-0.15, -0.1) is 0 Å². The summed E-state index contributed by atoms with van der Waals surface area (Å²) in [4.78, 5) is 3.67. The molecule has 0 atom stereocenters. The third-order valence-electron chi connectivity index (χ3n) is 6.23. The first-order valence-corrected chi connectivity index (χ1v) is 10.2. The highest BCUT2D eigenvalue weighted by molar-refractivity contribution is 6.12. The summed E-state index contributed by atoms with van der Waals surface area (Å²) in [6.07, 6.45) is 0. The van der Waals surface area contributed by atoms with Gasteiger partial charge in [0.25, 0.3) is 0 Å². The van der Waals surface area contributed by atoms with Crippen LogP contribution in [0.25, 0.3) is 60.6 Å². The smallest absolute Gasteiger partial charge is 0.138 e. The molecule has 0 aliphatic carbocycles. The van der Waals surface area contributed by atoms with E-state index in [2.05, 4.69) is 89.1 Å². The number of nitrogens with zero attached hydrogens (tertiary/aromatic N) is 1. The van der Waals surface area contributed by atoms with Crippen LogP contribution in [-0.4, -0.2) is 9.38 Å². The predicted octanol–water partition coefficient (Wildman–Crippen LogP) is 7.45. The zero-order valence-electron chi connectivity index (χ0n) is 16.4. The molecule has 1 N–H and O–H groups in total. The number of aromatic nitrogens is 2. The maximum Gasteiger partial charge on any atom is 0.138 e. The number of aromatic amines is 1. The molecular formula is C27H18N2O. The van der Waals surface area contributed by atoms with Crippen LogP contribution >= 0.6 is 0 Å². The quantitative estimate of drug-likeness (QED) is 0.312. The van der Waals surface area contributed by atoms with E-state index in [1.54, 1.807) is 0 Å². The Labute approximate surface area is 172 Å². The van der Waals surface area contributed by atoms with Crippen LogP contribution in [0.1, 0.15) is 5.56 Å². The Morgan fingerprint density at radius 2 is 1.47 bits per heavy atom. The zero-order chi connectivity index (χ0) is 19.8. The average molecular weight is 386 g/mol. The number of aryl methyl sites for hydroxylation is 1. The summed E-state index contributed by atoms with van der Waals surface area (Å²) in [5.41, 5.74) is 10.2. The van der Waals surface area contributed by atoms with Gasteiger partial charge in [0.15, 0.2) is 0 Å². The van der Waals surface area contributed by atoms with Crippen LogP contribution in [0, 0.1) is 6.92 Å². The van der Waals surface area contributed by atoms with E-state index in [0.717, 1.165) is 33.3 Å². The molecule has 0 saturated heterocycles. The molecule has 7 aromatic rings. The summed E-state index contributed by atoms with van der Waals surface area (Å²) in [5, 5.41) is 3.58. The minimum Gasteiger partial charge on any atom is -0.456 e. The number of hydrogen-bond donors (Lipinski definition) is 1. The van der Waals surface area contributed by atoms with Crippen molar-refractivity contribution in [2.24, 2.45) is 0 Å². The van der Waals surface area contributed by atoms with Crippen LogP contribution < -0.4 is 0 Å². The van der Waals surface area contributed by atoms with Crippen LogP contribution in [0.2, 0.25) is 0 Å². The second-order valence-electron chi connectivity index (χ2n) is 7.99. The van der Waals surface area contributed by atoms with Gasteiger partial charge in [0.05, 0.1) is 16.6 Å². The minimum atomic E-state index is 0.935. The number of hydrogen-bond acceptors (Lipinski definition) is 1. The molecule has 0 spiro atoms. The Kier molecular flexibility index (Phi) is 2.94. The number of H-pyrrole nitrogens is 1. The second kappa shape index (κ2) is 5.55. The average Bonchev–Trinajstić information content (AvgIpc) is 3.42. The molecular weight excluding hydrogens is 368 g/mol. The predicted molar refractivity (Wildman–Crippen MR) is 124 cm³/mol. The maximum absolute atomic E-state index is 6.17. The van der Waals surface area contributed by atoms with Crippen LogP contribution in [-0.2, 0) is 0 Å². The van der Waals surface area contributed by atoms with Gasteiger partial charge in [0.2, 0.25) is 0 Å². The molecule has 0 amide bonds. The molecule has 0 fully saturated rings. The van der Waals surface area contributed by atoms with Crippen molar-refractivity contribution in [3.63, 3.8) is 0 Å². The summed E-state index contributed by atoms with van der Waals surface area (Å²) < 4.78 is 8.51.